The van der Waals surface area contributed by atoms with Gasteiger partial charge < -0.3 is 15.2 Å². The van der Waals surface area contributed by atoms with E-state index >= 15 is 0 Å². The van der Waals surface area contributed by atoms with Crippen LogP contribution in [0.4, 0.5) is 5.69 Å². The van der Waals surface area contributed by atoms with E-state index in [1.54, 1.807) is 24.3 Å². The molecular weight excluding hydrogens is 423 g/mol. The van der Waals surface area contributed by atoms with Gasteiger partial charge in [0.15, 0.2) is 5.11 Å². The van der Waals surface area contributed by atoms with Crippen molar-refractivity contribution in [1.82, 2.24) is 5.32 Å². The zero-order chi connectivity index (χ0) is 20.8. The first-order chi connectivity index (χ1) is 13.2. The van der Waals surface area contributed by atoms with Gasteiger partial charge in [-0.25, -0.2) is 4.79 Å². The summed E-state index contributed by atoms with van der Waals surface area (Å²) in [6, 6.07) is 9.20. The minimum absolute atomic E-state index is 0.0427. The standard InChI is InChI=1S/C19H18Cl2N2O4S/c1-3-10(2)27-13-6-4-11(5-7-13)17(24)23-19(28)22-16-14(18(25)26)8-12(20)9-15(16)21/h4-10H,3H2,1-2H3,(H,25,26)(H2,22,23,24,28)/t10-/m1/s1. The lowest BCUT2D eigenvalue weighted by molar-refractivity contribution is 0.0697. The number of carboxylic acids is 1. The van der Waals surface area contributed by atoms with Crippen LogP contribution in [0.5, 0.6) is 5.75 Å². The molecule has 148 valence electrons. The van der Waals surface area contributed by atoms with Crippen LogP contribution in [-0.2, 0) is 0 Å². The Labute approximate surface area is 177 Å². The van der Waals surface area contributed by atoms with E-state index in [-0.39, 0.29) is 32.5 Å². The number of halogens is 2. The van der Waals surface area contributed by atoms with Crippen molar-refractivity contribution in [3.63, 3.8) is 0 Å². The van der Waals surface area contributed by atoms with Gasteiger partial charge in [-0.1, -0.05) is 30.1 Å². The Balaban J connectivity index is 2.07. The molecule has 2 aromatic carbocycles. The third-order valence-electron chi connectivity index (χ3n) is 3.78. The molecule has 0 heterocycles. The largest absolute Gasteiger partial charge is 0.491 e. The summed E-state index contributed by atoms with van der Waals surface area (Å²) >= 11 is 17.0. The molecule has 0 saturated heterocycles. The van der Waals surface area contributed by atoms with Gasteiger partial charge >= 0.3 is 5.97 Å². The first-order valence-electron chi connectivity index (χ1n) is 8.32. The molecule has 0 unspecified atom stereocenters. The molecule has 0 saturated carbocycles. The van der Waals surface area contributed by atoms with E-state index < -0.39 is 11.9 Å². The number of ether oxygens (including phenoxy) is 1. The Kier molecular flexibility index (Phi) is 7.62. The molecule has 0 aromatic heterocycles. The quantitative estimate of drug-likeness (QED) is 0.548. The van der Waals surface area contributed by atoms with Crippen molar-refractivity contribution in [1.29, 1.82) is 0 Å². The van der Waals surface area contributed by atoms with E-state index in [4.69, 9.17) is 40.2 Å². The van der Waals surface area contributed by atoms with Gasteiger partial charge in [-0.05, 0) is 62.0 Å². The van der Waals surface area contributed by atoms with E-state index in [0.29, 0.717) is 11.3 Å². The lowest BCUT2D eigenvalue weighted by Crippen LogP contribution is -2.34. The smallest absolute Gasteiger partial charge is 0.337 e. The Morgan fingerprint density at radius 2 is 1.86 bits per heavy atom. The van der Waals surface area contributed by atoms with Gasteiger partial charge in [0.1, 0.15) is 5.75 Å². The molecule has 0 radical (unpaired) electrons. The van der Waals surface area contributed by atoms with E-state index in [1.165, 1.54) is 12.1 Å². The maximum absolute atomic E-state index is 12.3. The van der Waals surface area contributed by atoms with Crippen molar-refractivity contribution < 1.29 is 19.4 Å². The molecule has 2 aromatic rings. The number of aromatic carboxylic acids is 1. The summed E-state index contributed by atoms with van der Waals surface area (Å²) in [7, 11) is 0. The maximum atomic E-state index is 12.3. The van der Waals surface area contributed by atoms with Gasteiger partial charge in [0.25, 0.3) is 5.91 Å². The van der Waals surface area contributed by atoms with Gasteiger partial charge in [0.05, 0.1) is 22.4 Å². The Morgan fingerprint density at radius 1 is 1.21 bits per heavy atom. The number of amides is 1. The highest BCUT2D eigenvalue weighted by Crippen LogP contribution is 2.30. The Hall–Kier alpha value is -2.35. The second-order valence-corrected chi connectivity index (χ2v) is 7.14. The molecule has 0 spiro atoms. The average Bonchev–Trinajstić information content (AvgIpc) is 2.63. The fraction of sp³-hybridized carbons (Fsp3) is 0.211. The number of hydrogen-bond donors (Lipinski definition) is 3. The summed E-state index contributed by atoms with van der Waals surface area (Å²) in [5.41, 5.74) is 0.239. The summed E-state index contributed by atoms with van der Waals surface area (Å²) in [4.78, 5) is 23.7. The summed E-state index contributed by atoms with van der Waals surface area (Å²) < 4.78 is 5.67. The van der Waals surface area contributed by atoms with Crippen LogP contribution in [0.15, 0.2) is 36.4 Å². The van der Waals surface area contributed by atoms with Crippen LogP contribution in [0.3, 0.4) is 0 Å². The van der Waals surface area contributed by atoms with Gasteiger partial charge in [-0.2, -0.15) is 0 Å². The van der Waals surface area contributed by atoms with Crippen LogP contribution in [0.2, 0.25) is 10.0 Å². The highest BCUT2D eigenvalue weighted by atomic mass is 35.5. The molecule has 0 aliphatic heterocycles. The summed E-state index contributed by atoms with van der Waals surface area (Å²) in [6.07, 6.45) is 0.942. The van der Waals surface area contributed by atoms with E-state index in [9.17, 15) is 14.7 Å². The molecule has 2 rings (SSSR count). The van der Waals surface area contributed by atoms with Gasteiger partial charge in [-0.15, -0.1) is 0 Å². The zero-order valence-corrected chi connectivity index (χ0v) is 17.4. The van der Waals surface area contributed by atoms with Gasteiger partial charge in [0, 0.05) is 10.6 Å². The molecule has 28 heavy (non-hydrogen) atoms. The van der Waals surface area contributed by atoms with Crippen molar-refractivity contribution in [2.75, 3.05) is 5.32 Å². The molecule has 1 amide bonds. The molecule has 0 aliphatic carbocycles. The third-order valence-corrected chi connectivity index (χ3v) is 4.50. The molecule has 9 heteroatoms. The van der Waals surface area contributed by atoms with Crippen LogP contribution in [0, 0.1) is 0 Å². The second-order valence-electron chi connectivity index (χ2n) is 5.88. The second kappa shape index (κ2) is 9.73. The molecule has 3 N–H and O–H groups in total. The van der Waals surface area contributed by atoms with Crippen LogP contribution in [0.25, 0.3) is 0 Å². The van der Waals surface area contributed by atoms with Crippen LogP contribution in [0.1, 0.15) is 41.0 Å². The van der Waals surface area contributed by atoms with Crippen molar-refractivity contribution in [3.05, 3.63) is 57.6 Å². The monoisotopic (exact) mass is 440 g/mol. The first kappa shape index (κ1) is 21.9. The predicted molar refractivity (Wildman–Crippen MR) is 114 cm³/mol. The number of carbonyl (C=O) groups is 2. The summed E-state index contributed by atoms with van der Waals surface area (Å²) in [5, 5.41) is 14.5. The van der Waals surface area contributed by atoms with Crippen molar-refractivity contribution in [3.8, 4) is 5.75 Å². The minimum atomic E-state index is -1.24. The molecule has 0 bridgehead atoms. The first-order valence-corrected chi connectivity index (χ1v) is 9.49. The maximum Gasteiger partial charge on any atom is 0.337 e. The number of hydrogen-bond acceptors (Lipinski definition) is 4. The van der Waals surface area contributed by atoms with E-state index in [0.717, 1.165) is 6.42 Å². The third kappa shape index (κ3) is 5.82. The highest BCUT2D eigenvalue weighted by molar-refractivity contribution is 7.80. The van der Waals surface area contributed by atoms with Crippen molar-refractivity contribution in [2.45, 2.75) is 26.4 Å². The lowest BCUT2D eigenvalue weighted by Gasteiger charge is -2.14. The average molecular weight is 441 g/mol. The van der Waals surface area contributed by atoms with Crippen LogP contribution in [-0.4, -0.2) is 28.2 Å². The predicted octanol–water partition coefficient (Wildman–Crippen LogP) is 5.00. The number of anilines is 1. The summed E-state index contributed by atoms with van der Waals surface area (Å²) in [5.74, 6) is -1.04. The van der Waals surface area contributed by atoms with Gasteiger partial charge in [-0.3, -0.25) is 10.1 Å². The normalized spacial score (nSPS) is 11.4. The molecule has 1 atom stereocenters. The fourth-order valence-corrected chi connectivity index (χ4v) is 2.93. The topological polar surface area (TPSA) is 87.7 Å². The lowest BCUT2D eigenvalue weighted by atomic mass is 10.2. The van der Waals surface area contributed by atoms with Crippen molar-refractivity contribution in [2.24, 2.45) is 0 Å². The number of carbonyl (C=O) groups excluding carboxylic acids is 1. The fourth-order valence-electron chi connectivity index (χ4n) is 2.19. The van der Waals surface area contributed by atoms with E-state index in [1.807, 2.05) is 13.8 Å². The summed E-state index contributed by atoms with van der Waals surface area (Å²) in [6.45, 7) is 3.97. The SMILES string of the molecule is CC[C@@H](C)Oc1ccc(C(=O)NC(=S)Nc2c(Cl)cc(Cl)cc2C(=O)O)cc1. The molecule has 0 aliphatic rings. The van der Waals surface area contributed by atoms with Crippen molar-refractivity contribution >= 4 is 58.1 Å². The minimum Gasteiger partial charge on any atom is -0.491 e. The molecular formula is C19H18Cl2N2O4S. The molecule has 6 nitrogen and oxygen atoms in total. The highest BCUT2D eigenvalue weighted by Gasteiger charge is 2.17. The Morgan fingerprint density at radius 3 is 2.43 bits per heavy atom. The zero-order valence-electron chi connectivity index (χ0n) is 15.1. The number of nitrogens with one attached hydrogen (secondary N) is 2. The van der Waals surface area contributed by atoms with Gasteiger partial charge in [0.2, 0.25) is 0 Å². The molecule has 0 fully saturated rings. The van der Waals surface area contributed by atoms with E-state index in [2.05, 4.69) is 10.6 Å². The number of rotatable bonds is 6. The van der Waals surface area contributed by atoms with Crippen LogP contribution >= 0.6 is 35.4 Å². The number of benzene rings is 2. The number of carboxylic acid groups (broad SMARTS) is 1. The number of thiocarbonyl (C=S) groups is 1. The Bertz CT molecular complexity index is 904. The van der Waals surface area contributed by atoms with Crippen LogP contribution < -0.4 is 15.4 Å².